The number of hydrogen-bond acceptors (Lipinski definition) is 4. The van der Waals surface area contributed by atoms with Gasteiger partial charge >= 0.3 is 5.97 Å². The molecule has 1 N–H and O–H groups in total. The summed E-state index contributed by atoms with van der Waals surface area (Å²) in [5, 5.41) is 19.6. The van der Waals surface area contributed by atoms with E-state index in [9.17, 15) is 19.7 Å². The molecule has 0 heterocycles. The highest BCUT2D eigenvalue weighted by atomic mass is 16.6. The van der Waals surface area contributed by atoms with E-state index in [1.165, 1.54) is 24.3 Å². The van der Waals surface area contributed by atoms with Gasteiger partial charge in [-0.1, -0.05) is 12.1 Å². The summed E-state index contributed by atoms with van der Waals surface area (Å²) in [5.41, 5.74) is -0.917. The van der Waals surface area contributed by atoms with E-state index in [0.717, 1.165) is 0 Å². The van der Waals surface area contributed by atoms with Gasteiger partial charge in [0.1, 0.15) is 0 Å². The van der Waals surface area contributed by atoms with Crippen LogP contribution in [0.15, 0.2) is 24.3 Å². The van der Waals surface area contributed by atoms with Crippen LogP contribution in [0.4, 0.5) is 5.69 Å². The lowest BCUT2D eigenvalue weighted by Gasteiger charge is -2.08. The number of nitrogens with zero attached hydrogens (tertiary/aromatic N) is 1. The number of nitro groups is 1. The molecule has 0 atom stereocenters. The van der Waals surface area contributed by atoms with Crippen LogP contribution in [-0.4, -0.2) is 21.8 Å². The van der Waals surface area contributed by atoms with Gasteiger partial charge in [-0.05, 0) is 12.8 Å². The molecule has 0 saturated heterocycles. The van der Waals surface area contributed by atoms with E-state index < -0.39 is 16.3 Å². The first kappa shape index (κ1) is 12.2. The Kier molecular flexibility index (Phi) is 2.86. The van der Waals surface area contributed by atoms with Gasteiger partial charge in [-0.3, -0.25) is 19.7 Å². The zero-order valence-electron chi connectivity index (χ0n) is 9.46. The van der Waals surface area contributed by atoms with Crippen molar-refractivity contribution in [1.29, 1.82) is 0 Å². The van der Waals surface area contributed by atoms with Gasteiger partial charge in [0.25, 0.3) is 5.69 Å². The van der Waals surface area contributed by atoms with E-state index in [1.54, 1.807) is 0 Å². The summed E-state index contributed by atoms with van der Waals surface area (Å²) in [7, 11) is 0. The second-order valence-electron chi connectivity index (χ2n) is 4.49. The number of benzene rings is 1. The number of hydrogen-bond donors (Lipinski definition) is 1. The minimum atomic E-state index is -0.971. The molecule has 0 bridgehead atoms. The summed E-state index contributed by atoms with van der Waals surface area (Å²) in [4.78, 5) is 32.9. The summed E-state index contributed by atoms with van der Waals surface area (Å²) in [6.45, 7) is 0. The highest BCUT2D eigenvalue weighted by Gasteiger charge is 2.51. The summed E-state index contributed by atoms with van der Waals surface area (Å²) in [6.07, 6.45) is 0.884. The number of carbonyl (C=O) groups excluding carboxylic acids is 1. The Morgan fingerprint density at radius 2 is 2.06 bits per heavy atom. The molecular weight excluding hydrogens is 238 g/mol. The van der Waals surface area contributed by atoms with Crippen molar-refractivity contribution in [3.63, 3.8) is 0 Å². The van der Waals surface area contributed by atoms with Crippen LogP contribution in [0.25, 0.3) is 0 Å². The molecule has 0 unspecified atom stereocenters. The molecule has 2 rings (SSSR count). The van der Waals surface area contributed by atoms with Gasteiger partial charge in [-0.25, -0.2) is 0 Å². The van der Waals surface area contributed by atoms with Crippen LogP contribution in [0.2, 0.25) is 0 Å². The molecule has 6 heteroatoms. The van der Waals surface area contributed by atoms with Crippen LogP contribution in [-0.2, 0) is 4.79 Å². The Bertz CT molecular complexity index is 533. The molecule has 6 nitrogen and oxygen atoms in total. The fraction of sp³-hybridized carbons (Fsp3) is 0.333. The molecule has 1 aromatic carbocycles. The predicted molar refractivity (Wildman–Crippen MR) is 61.3 cm³/mol. The van der Waals surface area contributed by atoms with E-state index in [4.69, 9.17) is 5.11 Å². The Labute approximate surface area is 102 Å². The molecule has 1 saturated carbocycles. The zero-order valence-corrected chi connectivity index (χ0v) is 9.46. The normalized spacial score (nSPS) is 16.0. The zero-order chi connectivity index (χ0) is 13.3. The highest BCUT2D eigenvalue weighted by molar-refractivity contribution is 6.00. The molecule has 1 aromatic rings. The lowest BCUT2D eigenvalue weighted by atomic mass is 9.95. The van der Waals surface area contributed by atoms with Gasteiger partial charge in [0.05, 0.1) is 10.3 Å². The number of rotatable bonds is 5. The van der Waals surface area contributed by atoms with Gasteiger partial charge in [0.2, 0.25) is 0 Å². The van der Waals surface area contributed by atoms with E-state index in [0.29, 0.717) is 12.8 Å². The molecule has 0 aliphatic heterocycles. The maximum atomic E-state index is 11.9. The first-order valence-corrected chi connectivity index (χ1v) is 5.46. The minimum absolute atomic E-state index is 0.0937. The topological polar surface area (TPSA) is 97.5 Å². The summed E-state index contributed by atoms with van der Waals surface area (Å²) in [5.74, 6) is -1.33. The lowest BCUT2D eigenvalue weighted by molar-refractivity contribution is -0.384. The quantitative estimate of drug-likeness (QED) is 0.489. The van der Waals surface area contributed by atoms with Gasteiger partial charge in [0.15, 0.2) is 5.78 Å². The Balaban J connectivity index is 2.17. The van der Waals surface area contributed by atoms with Crippen LogP contribution in [0.3, 0.4) is 0 Å². The smallest absolute Gasteiger partial charge is 0.310 e. The second kappa shape index (κ2) is 4.21. The van der Waals surface area contributed by atoms with E-state index in [2.05, 4.69) is 0 Å². The van der Waals surface area contributed by atoms with E-state index in [1.807, 2.05) is 0 Å². The van der Waals surface area contributed by atoms with Crippen LogP contribution in [0.1, 0.15) is 29.6 Å². The SMILES string of the molecule is O=C(CC1(C(=O)O)CC1)c1cccc([N+](=O)[O-])c1. The molecule has 94 valence electrons. The molecule has 0 spiro atoms. The fourth-order valence-corrected chi connectivity index (χ4v) is 1.82. The number of carboxylic acids is 1. The number of Topliss-reactive ketones (excluding diaryl/α,β-unsaturated/α-hetero) is 1. The maximum Gasteiger partial charge on any atom is 0.310 e. The Hall–Kier alpha value is -2.24. The van der Waals surface area contributed by atoms with Crippen LogP contribution >= 0.6 is 0 Å². The van der Waals surface area contributed by atoms with Crippen molar-refractivity contribution in [1.82, 2.24) is 0 Å². The van der Waals surface area contributed by atoms with Crippen molar-refractivity contribution < 1.29 is 19.6 Å². The van der Waals surface area contributed by atoms with Crippen molar-refractivity contribution in [2.24, 2.45) is 5.41 Å². The second-order valence-corrected chi connectivity index (χ2v) is 4.49. The molecule has 18 heavy (non-hydrogen) atoms. The average Bonchev–Trinajstić information content (AvgIpc) is 3.10. The van der Waals surface area contributed by atoms with Crippen LogP contribution in [0.5, 0.6) is 0 Å². The Morgan fingerprint density at radius 3 is 2.56 bits per heavy atom. The Morgan fingerprint density at radius 1 is 1.39 bits per heavy atom. The molecule has 0 radical (unpaired) electrons. The van der Waals surface area contributed by atoms with Gasteiger partial charge in [-0.15, -0.1) is 0 Å². The van der Waals surface area contributed by atoms with Crippen molar-refractivity contribution in [2.75, 3.05) is 0 Å². The van der Waals surface area contributed by atoms with Gasteiger partial charge < -0.3 is 5.11 Å². The lowest BCUT2D eigenvalue weighted by Crippen LogP contribution is -2.19. The fourth-order valence-electron chi connectivity index (χ4n) is 1.82. The van der Waals surface area contributed by atoms with Crippen LogP contribution < -0.4 is 0 Å². The van der Waals surface area contributed by atoms with Crippen molar-refractivity contribution >= 4 is 17.4 Å². The predicted octanol–water partition coefficient (Wildman–Crippen LogP) is 2.03. The molecular formula is C12H11NO5. The van der Waals surface area contributed by atoms with Crippen LogP contribution in [0, 0.1) is 15.5 Å². The third-order valence-electron chi connectivity index (χ3n) is 3.19. The van der Waals surface area contributed by atoms with Crippen molar-refractivity contribution in [2.45, 2.75) is 19.3 Å². The third-order valence-corrected chi connectivity index (χ3v) is 3.19. The molecule has 1 aliphatic carbocycles. The van der Waals surface area contributed by atoms with Gasteiger partial charge in [0, 0.05) is 24.1 Å². The summed E-state index contributed by atoms with van der Waals surface area (Å²) in [6, 6.07) is 5.36. The highest BCUT2D eigenvalue weighted by Crippen LogP contribution is 2.49. The largest absolute Gasteiger partial charge is 0.481 e. The van der Waals surface area contributed by atoms with E-state index >= 15 is 0 Å². The molecule has 0 amide bonds. The summed E-state index contributed by atoms with van der Waals surface area (Å²) >= 11 is 0. The molecule has 0 aromatic heterocycles. The number of aliphatic carboxylic acids is 1. The monoisotopic (exact) mass is 249 g/mol. The molecule has 1 fully saturated rings. The van der Waals surface area contributed by atoms with Crippen molar-refractivity contribution in [3.8, 4) is 0 Å². The summed E-state index contributed by atoms with van der Waals surface area (Å²) < 4.78 is 0. The number of carbonyl (C=O) groups is 2. The number of carboxylic acid groups (broad SMARTS) is 1. The number of non-ortho nitro benzene ring substituents is 1. The molecule has 1 aliphatic rings. The maximum absolute atomic E-state index is 11.9. The standard InChI is InChI=1S/C12H11NO5/c14-10(7-12(4-5-12)11(15)16)8-2-1-3-9(6-8)13(17)18/h1-3,6H,4-5,7H2,(H,15,16). The first-order valence-electron chi connectivity index (χ1n) is 5.46. The van der Waals surface area contributed by atoms with Gasteiger partial charge in [-0.2, -0.15) is 0 Å². The first-order chi connectivity index (χ1) is 8.44. The minimum Gasteiger partial charge on any atom is -0.481 e. The number of nitro benzene ring substituents is 1. The average molecular weight is 249 g/mol. The third kappa shape index (κ3) is 2.22. The van der Waals surface area contributed by atoms with E-state index in [-0.39, 0.29) is 23.5 Å². The van der Waals surface area contributed by atoms with Crippen molar-refractivity contribution in [3.05, 3.63) is 39.9 Å². The number of ketones is 1.